The molecule has 0 aliphatic rings. The average Bonchev–Trinajstić information content (AvgIpc) is 2.73. The van der Waals surface area contributed by atoms with Crippen LogP contribution in [0.15, 0.2) is 78.0 Å². The van der Waals surface area contributed by atoms with Crippen LogP contribution >= 0.6 is 12.2 Å². The molecule has 0 fully saturated rings. The Morgan fingerprint density at radius 2 is 1.52 bits per heavy atom. The molecule has 3 aromatic rings. The average molecular weight is 429 g/mol. The van der Waals surface area contributed by atoms with Crippen molar-refractivity contribution in [1.82, 2.24) is 15.0 Å². The van der Waals surface area contributed by atoms with Gasteiger partial charge in [-0.15, -0.1) is 0 Å². The normalized spacial score (nSPS) is 11.0. The smallest absolute Gasteiger partial charge is 0.240 e. The van der Waals surface area contributed by atoms with Gasteiger partial charge in [0.25, 0.3) is 0 Å². The highest BCUT2D eigenvalue weighted by Gasteiger charge is 2.13. The molecule has 9 heteroatoms. The van der Waals surface area contributed by atoms with Crippen LogP contribution in [0.25, 0.3) is 0 Å². The Morgan fingerprint density at radius 1 is 0.897 bits per heavy atom. The maximum Gasteiger partial charge on any atom is 0.240 e. The number of aromatic hydroxyl groups is 1. The van der Waals surface area contributed by atoms with Crippen molar-refractivity contribution >= 4 is 33.0 Å². The molecule has 0 saturated carbocycles. The second-order valence-electron chi connectivity index (χ2n) is 6.18. The number of phenolic OH excluding ortho intramolecular Hbond substituents is 1. The fourth-order valence-electron chi connectivity index (χ4n) is 2.45. The minimum atomic E-state index is -3.65. The molecule has 0 spiro atoms. The van der Waals surface area contributed by atoms with Crippen molar-refractivity contribution in [2.24, 2.45) is 0 Å². The van der Waals surface area contributed by atoms with E-state index in [1.807, 2.05) is 12.1 Å². The van der Waals surface area contributed by atoms with Crippen LogP contribution in [0, 0.1) is 0 Å². The first-order valence-corrected chi connectivity index (χ1v) is 10.6. The molecule has 1 heterocycles. The van der Waals surface area contributed by atoms with Gasteiger partial charge in [-0.1, -0.05) is 12.1 Å². The molecule has 0 radical (unpaired) electrons. The van der Waals surface area contributed by atoms with Crippen LogP contribution in [-0.2, 0) is 23.1 Å². The highest BCUT2D eigenvalue weighted by Crippen LogP contribution is 2.15. The lowest BCUT2D eigenvalue weighted by Gasteiger charge is -2.11. The predicted molar refractivity (Wildman–Crippen MR) is 116 cm³/mol. The summed E-state index contributed by atoms with van der Waals surface area (Å²) in [6.07, 6.45) is 3.42. The Hall–Kier alpha value is -3.01. The van der Waals surface area contributed by atoms with E-state index in [0.717, 1.165) is 11.1 Å². The molecule has 0 saturated heterocycles. The molecule has 0 unspecified atom stereocenters. The molecule has 29 heavy (non-hydrogen) atoms. The molecular formula is C20H20N4O3S2. The van der Waals surface area contributed by atoms with Crippen LogP contribution in [0.3, 0.4) is 0 Å². The van der Waals surface area contributed by atoms with Gasteiger partial charge in [0.05, 0.1) is 4.90 Å². The molecule has 0 aliphatic carbocycles. The molecule has 0 aliphatic heterocycles. The number of hydrogen-bond acceptors (Lipinski definition) is 5. The van der Waals surface area contributed by atoms with Gasteiger partial charge in [-0.25, -0.2) is 13.1 Å². The van der Waals surface area contributed by atoms with E-state index in [1.165, 1.54) is 24.3 Å². The van der Waals surface area contributed by atoms with E-state index in [-0.39, 0.29) is 17.2 Å². The highest BCUT2D eigenvalue weighted by atomic mass is 32.2. The molecule has 1 aromatic heterocycles. The van der Waals surface area contributed by atoms with Crippen molar-refractivity contribution < 1.29 is 13.5 Å². The lowest BCUT2D eigenvalue weighted by molar-refractivity contribution is 0.475. The van der Waals surface area contributed by atoms with Crippen molar-refractivity contribution in [2.45, 2.75) is 18.0 Å². The van der Waals surface area contributed by atoms with E-state index in [1.54, 1.807) is 36.7 Å². The largest absolute Gasteiger partial charge is 0.508 e. The number of rotatable bonds is 7. The molecular weight excluding hydrogens is 408 g/mol. The minimum absolute atomic E-state index is 0.131. The van der Waals surface area contributed by atoms with Crippen LogP contribution in [0.5, 0.6) is 5.75 Å². The summed E-state index contributed by atoms with van der Waals surface area (Å²) < 4.78 is 27.4. The summed E-state index contributed by atoms with van der Waals surface area (Å²) in [4.78, 5) is 4.11. The predicted octanol–water partition coefficient (Wildman–Crippen LogP) is 2.75. The summed E-state index contributed by atoms with van der Waals surface area (Å²) in [6.45, 7) is 0.688. The highest BCUT2D eigenvalue weighted by molar-refractivity contribution is 7.89. The second-order valence-corrected chi connectivity index (χ2v) is 8.35. The van der Waals surface area contributed by atoms with Crippen LogP contribution < -0.4 is 15.4 Å². The fraction of sp³-hybridized carbons (Fsp3) is 0.100. The fourth-order valence-corrected chi connectivity index (χ4v) is 3.66. The number of nitrogens with zero attached hydrogens (tertiary/aromatic N) is 1. The first-order valence-electron chi connectivity index (χ1n) is 8.74. The van der Waals surface area contributed by atoms with Crippen LogP contribution in [0.2, 0.25) is 0 Å². The van der Waals surface area contributed by atoms with Crippen molar-refractivity contribution in [2.75, 3.05) is 5.32 Å². The Labute approximate surface area is 174 Å². The van der Waals surface area contributed by atoms with Crippen LogP contribution in [-0.4, -0.2) is 23.6 Å². The van der Waals surface area contributed by atoms with Gasteiger partial charge in [-0.2, -0.15) is 0 Å². The first-order chi connectivity index (χ1) is 13.9. The van der Waals surface area contributed by atoms with Gasteiger partial charge in [0.1, 0.15) is 5.75 Å². The summed E-state index contributed by atoms with van der Waals surface area (Å²) in [5, 5.41) is 15.8. The van der Waals surface area contributed by atoms with Crippen molar-refractivity contribution in [3.05, 3.63) is 84.2 Å². The third kappa shape index (κ3) is 6.24. The lowest BCUT2D eigenvalue weighted by Crippen LogP contribution is -2.28. The van der Waals surface area contributed by atoms with E-state index in [0.29, 0.717) is 17.3 Å². The standard InChI is InChI=1S/C20H20N4O3S2/c25-18-5-1-15(2-6-18)14-23-29(26,27)19-7-3-17(4-8-19)24-20(28)22-13-16-9-11-21-12-10-16/h1-12,23,25H,13-14H2,(H2,22,24,28). The third-order valence-corrected chi connectivity index (χ3v) is 5.69. The number of sulfonamides is 1. The Bertz CT molecular complexity index is 1060. The van der Waals surface area contributed by atoms with Gasteiger partial charge in [-0.05, 0) is 71.9 Å². The zero-order valence-electron chi connectivity index (χ0n) is 15.4. The number of pyridine rings is 1. The van der Waals surface area contributed by atoms with Crippen molar-refractivity contribution in [1.29, 1.82) is 0 Å². The maximum absolute atomic E-state index is 12.4. The molecule has 2 aromatic carbocycles. The van der Waals surface area contributed by atoms with Gasteiger partial charge < -0.3 is 15.7 Å². The van der Waals surface area contributed by atoms with Crippen molar-refractivity contribution in [3.8, 4) is 5.75 Å². The second kappa shape index (κ2) is 9.46. The number of thiocarbonyl (C=S) groups is 1. The van der Waals surface area contributed by atoms with Gasteiger partial charge in [-0.3, -0.25) is 4.98 Å². The Kier molecular flexibility index (Phi) is 6.76. The summed E-state index contributed by atoms with van der Waals surface area (Å²) in [6, 6.07) is 16.4. The van der Waals surface area contributed by atoms with Crippen molar-refractivity contribution in [3.63, 3.8) is 0 Å². The molecule has 0 amide bonds. The van der Waals surface area contributed by atoms with E-state index in [4.69, 9.17) is 12.2 Å². The van der Waals surface area contributed by atoms with E-state index in [9.17, 15) is 13.5 Å². The van der Waals surface area contributed by atoms with E-state index in [2.05, 4.69) is 20.3 Å². The molecule has 150 valence electrons. The van der Waals surface area contributed by atoms with E-state index < -0.39 is 10.0 Å². The molecule has 3 rings (SSSR count). The summed E-state index contributed by atoms with van der Waals surface area (Å²) >= 11 is 5.26. The third-order valence-electron chi connectivity index (χ3n) is 4.03. The number of phenols is 1. The quantitative estimate of drug-likeness (QED) is 0.429. The zero-order chi connectivity index (χ0) is 20.7. The van der Waals surface area contributed by atoms with E-state index >= 15 is 0 Å². The molecule has 0 bridgehead atoms. The molecule has 4 N–H and O–H groups in total. The maximum atomic E-state index is 12.4. The van der Waals surface area contributed by atoms with Gasteiger partial charge in [0, 0.05) is 31.2 Å². The topological polar surface area (TPSA) is 103 Å². The number of hydrogen-bond donors (Lipinski definition) is 4. The summed E-state index contributed by atoms with van der Waals surface area (Å²) in [5.74, 6) is 0.132. The van der Waals surface area contributed by atoms with Crippen LogP contribution in [0.1, 0.15) is 11.1 Å². The number of anilines is 1. The number of nitrogens with one attached hydrogen (secondary N) is 3. The monoisotopic (exact) mass is 428 g/mol. The first kappa shape index (κ1) is 20.7. The lowest BCUT2D eigenvalue weighted by atomic mass is 10.2. The van der Waals surface area contributed by atoms with Crippen LogP contribution in [0.4, 0.5) is 5.69 Å². The minimum Gasteiger partial charge on any atom is -0.508 e. The number of aromatic nitrogens is 1. The van der Waals surface area contributed by atoms with Gasteiger partial charge in [0.2, 0.25) is 10.0 Å². The molecule has 7 nitrogen and oxygen atoms in total. The SMILES string of the molecule is O=S(=O)(NCc1ccc(O)cc1)c1ccc(NC(=S)NCc2ccncc2)cc1. The Balaban J connectivity index is 1.54. The Morgan fingerprint density at radius 3 is 2.17 bits per heavy atom. The molecule has 0 atom stereocenters. The number of benzene rings is 2. The summed E-state index contributed by atoms with van der Waals surface area (Å²) in [5.41, 5.74) is 2.47. The van der Waals surface area contributed by atoms with Gasteiger partial charge in [0.15, 0.2) is 5.11 Å². The summed E-state index contributed by atoms with van der Waals surface area (Å²) in [7, 11) is -3.65. The van der Waals surface area contributed by atoms with Gasteiger partial charge >= 0.3 is 0 Å². The zero-order valence-corrected chi connectivity index (χ0v) is 17.0.